The maximum Gasteiger partial charge on any atom is 0.230 e. The molecule has 4 nitrogen and oxygen atoms in total. The summed E-state index contributed by atoms with van der Waals surface area (Å²) in [5.41, 5.74) is 6.76. The molecule has 0 spiro atoms. The maximum absolute atomic E-state index is 13.0. The van der Waals surface area contributed by atoms with Crippen LogP contribution >= 0.6 is 0 Å². The normalized spacial score (nSPS) is 28.6. The Morgan fingerprint density at radius 1 is 1.43 bits per heavy atom. The molecule has 1 amide bonds. The lowest BCUT2D eigenvalue weighted by atomic mass is 9.83. The highest BCUT2D eigenvalue weighted by Crippen LogP contribution is 2.41. The fourth-order valence-electron chi connectivity index (χ4n) is 3.39. The number of phenols is 1. The number of phenolic OH excluding ortho intramolecular Hbond substituents is 1. The molecule has 3 rings (SSSR count). The van der Waals surface area contributed by atoms with Crippen LogP contribution in [0.1, 0.15) is 44.6 Å². The van der Waals surface area contributed by atoms with Crippen LogP contribution in [0.4, 0.5) is 0 Å². The summed E-state index contributed by atoms with van der Waals surface area (Å²) in [7, 11) is 0. The lowest BCUT2D eigenvalue weighted by Crippen LogP contribution is -2.49. The van der Waals surface area contributed by atoms with Crippen LogP contribution < -0.4 is 5.73 Å². The van der Waals surface area contributed by atoms with Crippen LogP contribution in [0.3, 0.4) is 0 Å². The Morgan fingerprint density at radius 2 is 2.19 bits per heavy atom. The summed E-state index contributed by atoms with van der Waals surface area (Å²) in [6.45, 7) is 2.59. The molecular formula is C17H24N2O2. The second-order valence-electron chi connectivity index (χ2n) is 6.75. The molecule has 0 saturated heterocycles. The molecule has 0 bridgehead atoms. The van der Waals surface area contributed by atoms with Crippen molar-refractivity contribution in [3.63, 3.8) is 0 Å². The molecule has 0 aromatic heterocycles. The van der Waals surface area contributed by atoms with Crippen LogP contribution in [0.25, 0.3) is 0 Å². The summed E-state index contributed by atoms with van der Waals surface area (Å²) in [5.74, 6) is 0.442. The van der Waals surface area contributed by atoms with Gasteiger partial charge >= 0.3 is 0 Å². The van der Waals surface area contributed by atoms with Crippen molar-refractivity contribution in [1.82, 2.24) is 4.90 Å². The largest absolute Gasteiger partial charge is 0.508 e. The van der Waals surface area contributed by atoms with Gasteiger partial charge in [0.15, 0.2) is 0 Å². The van der Waals surface area contributed by atoms with Crippen molar-refractivity contribution in [3.05, 3.63) is 29.8 Å². The second-order valence-corrected chi connectivity index (χ2v) is 6.75. The van der Waals surface area contributed by atoms with Crippen molar-refractivity contribution in [3.8, 4) is 5.75 Å². The molecule has 2 aliphatic carbocycles. The third-order valence-corrected chi connectivity index (χ3v) is 5.03. The fourth-order valence-corrected chi connectivity index (χ4v) is 3.39. The molecule has 2 fully saturated rings. The molecule has 0 radical (unpaired) electrons. The molecule has 2 atom stereocenters. The molecular weight excluding hydrogens is 264 g/mol. The van der Waals surface area contributed by atoms with Gasteiger partial charge in [-0.25, -0.2) is 0 Å². The number of hydrogen-bond acceptors (Lipinski definition) is 3. The van der Waals surface area contributed by atoms with Gasteiger partial charge in [0.25, 0.3) is 0 Å². The smallest absolute Gasteiger partial charge is 0.230 e. The van der Waals surface area contributed by atoms with Crippen molar-refractivity contribution < 1.29 is 9.90 Å². The average Bonchev–Trinajstić information content (AvgIpc) is 3.23. The van der Waals surface area contributed by atoms with Gasteiger partial charge in [-0.05, 0) is 50.3 Å². The highest BCUT2D eigenvalue weighted by Gasteiger charge is 2.47. The highest BCUT2D eigenvalue weighted by molar-refractivity contribution is 5.84. The van der Waals surface area contributed by atoms with Gasteiger partial charge < -0.3 is 15.7 Å². The summed E-state index contributed by atoms with van der Waals surface area (Å²) >= 11 is 0. The Hall–Kier alpha value is -1.55. The summed E-state index contributed by atoms with van der Waals surface area (Å²) in [6, 6.07) is 7.49. The summed E-state index contributed by atoms with van der Waals surface area (Å²) in [6.07, 6.45) is 5.02. The van der Waals surface area contributed by atoms with Crippen LogP contribution in [-0.2, 0) is 11.3 Å². The zero-order chi connectivity index (χ0) is 15.0. The number of carbonyl (C=O) groups is 1. The third kappa shape index (κ3) is 2.77. The van der Waals surface area contributed by atoms with E-state index < -0.39 is 5.41 Å². The highest BCUT2D eigenvalue weighted by atomic mass is 16.3. The van der Waals surface area contributed by atoms with E-state index in [4.69, 9.17) is 5.73 Å². The van der Waals surface area contributed by atoms with Crippen LogP contribution in [0, 0.1) is 5.41 Å². The minimum atomic E-state index is -0.417. The van der Waals surface area contributed by atoms with E-state index in [1.165, 1.54) is 0 Å². The predicted molar refractivity (Wildman–Crippen MR) is 81.6 cm³/mol. The number of hydrogen-bond donors (Lipinski definition) is 2. The van der Waals surface area contributed by atoms with Gasteiger partial charge in [-0.3, -0.25) is 4.79 Å². The quantitative estimate of drug-likeness (QED) is 0.894. The number of nitrogens with zero attached hydrogens (tertiary/aromatic N) is 1. The Balaban J connectivity index is 1.80. The summed E-state index contributed by atoms with van der Waals surface area (Å²) in [4.78, 5) is 15.0. The van der Waals surface area contributed by atoms with Crippen LogP contribution in [-0.4, -0.2) is 28.0 Å². The number of rotatable bonds is 4. The van der Waals surface area contributed by atoms with Gasteiger partial charge in [0.1, 0.15) is 5.75 Å². The number of aromatic hydroxyl groups is 1. The molecule has 2 unspecified atom stereocenters. The van der Waals surface area contributed by atoms with Crippen LogP contribution in [0.15, 0.2) is 24.3 Å². The van der Waals surface area contributed by atoms with Gasteiger partial charge in [0.2, 0.25) is 5.91 Å². The molecule has 2 saturated carbocycles. The van der Waals surface area contributed by atoms with Gasteiger partial charge in [-0.1, -0.05) is 18.6 Å². The summed E-state index contributed by atoms with van der Waals surface area (Å²) < 4.78 is 0. The van der Waals surface area contributed by atoms with Crippen molar-refractivity contribution in [2.45, 2.75) is 57.7 Å². The molecule has 3 N–H and O–H groups in total. The molecule has 4 heteroatoms. The number of amides is 1. The van der Waals surface area contributed by atoms with Crippen molar-refractivity contribution in [2.24, 2.45) is 11.1 Å². The first-order valence-electron chi connectivity index (χ1n) is 7.85. The Labute approximate surface area is 125 Å². The van der Waals surface area contributed by atoms with Crippen molar-refractivity contribution in [1.29, 1.82) is 0 Å². The molecule has 0 heterocycles. The first-order chi connectivity index (χ1) is 10.0. The summed E-state index contributed by atoms with van der Waals surface area (Å²) in [5, 5.41) is 9.60. The first kappa shape index (κ1) is 14.4. The monoisotopic (exact) mass is 288 g/mol. The van der Waals surface area contributed by atoms with Gasteiger partial charge in [0, 0.05) is 18.6 Å². The lowest BCUT2D eigenvalue weighted by Gasteiger charge is -2.35. The zero-order valence-corrected chi connectivity index (χ0v) is 12.6. The number of benzene rings is 1. The van der Waals surface area contributed by atoms with E-state index in [1.807, 2.05) is 24.0 Å². The van der Waals surface area contributed by atoms with Crippen molar-refractivity contribution >= 4 is 5.91 Å². The molecule has 2 aliphatic rings. The van der Waals surface area contributed by atoms with Crippen LogP contribution in [0.5, 0.6) is 5.75 Å². The molecule has 114 valence electrons. The third-order valence-electron chi connectivity index (χ3n) is 5.03. The second kappa shape index (κ2) is 5.34. The maximum atomic E-state index is 13.0. The number of carbonyl (C=O) groups excluding carboxylic acids is 1. The molecule has 21 heavy (non-hydrogen) atoms. The molecule has 0 aliphatic heterocycles. The van der Waals surface area contributed by atoms with Gasteiger partial charge in [-0.15, -0.1) is 0 Å². The topological polar surface area (TPSA) is 66.6 Å². The van der Waals surface area contributed by atoms with Gasteiger partial charge in [-0.2, -0.15) is 0 Å². The molecule has 1 aromatic rings. The first-order valence-corrected chi connectivity index (χ1v) is 7.85. The lowest BCUT2D eigenvalue weighted by molar-refractivity contribution is -0.143. The average molecular weight is 288 g/mol. The van der Waals surface area contributed by atoms with E-state index in [-0.39, 0.29) is 17.7 Å². The Kier molecular flexibility index (Phi) is 3.66. The standard InChI is InChI=1S/C17H24N2O2/c1-17(9-3-6-15(17)18)16(21)19(13-7-8-13)11-12-4-2-5-14(20)10-12/h2,4-5,10,13,15,20H,3,6-9,11,18H2,1H3. The zero-order valence-electron chi connectivity index (χ0n) is 12.6. The minimum Gasteiger partial charge on any atom is -0.508 e. The van der Waals surface area contributed by atoms with Crippen LogP contribution in [0.2, 0.25) is 0 Å². The number of nitrogens with two attached hydrogens (primary N) is 1. The van der Waals surface area contributed by atoms with E-state index in [0.717, 1.165) is 37.7 Å². The van der Waals surface area contributed by atoms with Crippen molar-refractivity contribution in [2.75, 3.05) is 0 Å². The van der Waals surface area contributed by atoms with E-state index in [1.54, 1.807) is 12.1 Å². The Bertz CT molecular complexity index is 541. The molecule has 1 aromatic carbocycles. The van der Waals surface area contributed by atoms with Gasteiger partial charge in [0.05, 0.1) is 5.41 Å². The fraction of sp³-hybridized carbons (Fsp3) is 0.588. The van der Waals surface area contributed by atoms with E-state index in [2.05, 4.69) is 0 Å². The van der Waals surface area contributed by atoms with E-state index in [9.17, 15) is 9.90 Å². The minimum absolute atomic E-state index is 0.0320. The predicted octanol–water partition coefficient (Wildman–Crippen LogP) is 2.40. The SMILES string of the molecule is CC1(C(=O)N(Cc2cccc(O)c2)C2CC2)CCCC1N. The van der Waals surface area contributed by atoms with E-state index in [0.29, 0.717) is 12.6 Å². The van der Waals surface area contributed by atoms with E-state index >= 15 is 0 Å². The Morgan fingerprint density at radius 3 is 2.76 bits per heavy atom.